The van der Waals surface area contributed by atoms with Crippen LogP contribution in [-0.2, 0) is 0 Å². The summed E-state index contributed by atoms with van der Waals surface area (Å²) in [5.41, 5.74) is 3.07. The minimum Gasteiger partial charge on any atom is -0.477 e. The molecule has 4 heteroatoms. The Morgan fingerprint density at radius 1 is 0.875 bits per heavy atom. The molecule has 0 aliphatic rings. The molecule has 0 aliphatic heterocycles. The van der Waals surface area contributed by atoms with E-state index < -0.39 is 5.97 Å². The molecule has 0 aliphatic carbocycles. The number of para-hydroxylation sites is 2. The van der Waals surface area contributed by atoms with Crippen LogP contribution in [0.3, 0.4) is 0 Å². The fraction of sp³-hybridized carbons (Fsp3) is 0.0500. The summed E-state index contributed by atoms with van der Waals surface area (Å²) in [6.07, 6.45) is 1.89. The summed E-state index contributed by atoms with van der Waals surface area (Å²) >= 11 is 0. The van der Waals surface area contributed by atoms with Gasteiger partial charge in [-0.05, 0) is 36.8 Å². The third-order valence-corrected chi connectivity index (χ3v) is 3.54. The first-order valence-corrected chi connectivity index (χ1v) is 7.54. The molecule has 0 unspecified atom stereocenters. The molecule has 2 aromatic heterocycles. The fourth-order valence-corrected chi connectivity index (χ4v) is 2.37. The molecule has 0 bridgehead atoms. The Balaban J connectivity index is 0.000000143. The van der Waals surface area contributed by atoms with Gasteiger partial charge in [-0.15, -0.1) is 0 Å². The number of hydrogen-bond acceptors (Lipinski definition) is 3. The van der Waals surface area contributed by atoms with Crippen molar-refractivity contribution in [2.24, 2.45) is 0 Å². The van der Waals surface area contributed by atoms with E-state index in [1.807, 2.05) is 42.6 Å². The summed E-state index contributed by atoms with van der Waals surface area (Å²) in [4.78, 5) is 18.8. The van der Waals surface area contributed by atoms with Crippen LogP contribution in [0.4, 0.5) is 0 Å². The van der Waals surface area contributed by atoms with E-state index in [2.05, 4.69) is 29.0 Å². The molecular formula is C20H16N2O2. The third kappa shape index (κ3) is 3.55. The molecule has 2 aromatic carbocycles. The largest absolute Gasteiger partial charge is 0.477 e. The van der Waals surface area contributed by atoms with E-state index in [1.54, 1.807) is 12.1 Å². The Kier molecular flexibility index (Phi) is 4.47. The Hall–Kier alpha value is -3.27. The zero-order valence-electron chi connectivity index (χ0n) is 13.2. The quantitative estimate of drug-likeness (QED) is 0.562. The maximum absolute atomic E-state index is 10.6. The topological polar surface area (TPSA) is 63.1 Å². The van der Waals surface area contributed by atoms with Crippen molar-refractivity contribution >= 4 is 27.8 Å². The SMILES string of the molecule is Cc1cnc2ccccc2c1.O=C(O)c1ccc2ccccc2n1. The van der Waals surface area contributed by atoms with Gasteiger partial charge in [-0.3, -0.25) is 4.98 Å². The number of aryl methyl sites for hydroxylation is 1. The van der Waals surface area contributed by atoms with Gasteiger partial charge in [-0.25, -0.2) is 9.78 Å². The van der Waals surface area contributed by atoms with E-state index >= 15 is 0 Å². The summed E-state index contributed by atoms with van der Waals surface area (Å²) in [5, 5.41) is 10.8. The van der Waals surface area contributed by atoms with Gasteiger partial charge < -0.3 is 5.11 Å². The molecule has 4 aromatic rings. The van der Waals surface area contributed by atoms with Crippen molar-refractivity contribution in [2.75, 3.05) is 0 Å². The van der Waals surface area contributed by atoms with Gasteiger partial charge in [-0.2, -0.15) is 0 Å². The number of carbonyl (C=O) groups is 1. The number of pyridine rings is 2. The van der Waals surface area contributed by atoms with Crippen LogP contribution >= 0.6 is 0 Å². The Labute approximate surface area is 139 Å². The first-order valence-electron chi connectivity index (χ1n) is 7.54. The van der Waals surface area contributed by atoms with Gasteiger partial charge in [0.05, 0.1) is 11.0 Å². The summed E-state index contributed by atoms with van der Waals surface area (Å²) in [7, 11) is 0. The molecular weight excluding hydrogens is 300 g/mol. The van der Waals surface area contributed by atoms with E-state index in [-0.39, 0.29) is 5.69 Å². The molecule has 2 heterocycles. The number of benzene rings is 2. The van der Waals surface area contributed by atoms with Gasteiger partial charge in [0.15, 0.2) is 0 Å². The van der Waals surface area contributed by atoms with Gasteiger partial charge in [0.25, 0.3) is 0 Å². The highest BCUT2D eigenvalue weighted by Gasteiger charge is 2.03. The van der Waals surface area contributed by atoms with Gasteiger partial charge >= 0.3 is 5.97 Å². The summed E-state index contributed by atoms with van der Waals surface area (Å²) in [6.45, 7) is 2.06. The lowest BCUT2D eigenvalue weighted by Gasteiger charge is -1.97. The van der Waals surface area contributed by atoms with Crippen molar-refractivity contribution in [3.8, 4) is 0 Å². The Morgan fingerprint density at radius 2 is 1.54 bits per heavy atom. The highest BCUT2D eigenvalue weighted by molar-refractivity contribution is 5.89. The molecule has 0 radical (unpaired) electrons. The lowest BCUT2D eigenvalue weighted by Crippen LogP contribution is -1.99. The molecule has 0 amide bonds. The van der Waals surface area contributed by atoms with Crippen molar-refractivity contribution in [1.82, 2.24) is 9.97 Å². The molecule has 0 atom stereocenters. The van der Waals surface area contributed by atoms with Crippen molar-refractivity contribution in [1.29, 1.82) is 0 Å². The van der Waals surface area contributed by atoms with Crippen LogP contribution in [0.15, 0.2) is 72.9 Å². The summed E-state index contributed by atoms with van der Waals surface area (Å²) < 4.78 is 0. The minimum atomic E-state index is -0.995. The average molecular weight is 316 g/mol. The number of aromatic carboxylic acids is 1. The Morgan fingerprint density at radius 3 is 2.29 bits per heavy atom. The number of carboxylic acid groups (broad SMARTS) is 1. The zero-order chi connectivity index (χ0) is 16.9. The second-order valence-electron chi connectivity index (χ2n) is 5.40. The van der Waals surface area contributed by atoms with E-state index in [4.69, 9.17) is 5.11 Å². The van der Waals surface area contributed by atoms with Crippen LogP contribution in [0.25, 0.3) is 21.8 Å². The van der Waals surface area contributed by atoms with Gasteiger partial charge in [-0.1, -0.05) is 42.5 Å². The second kappa shape index (κ2) is 6.87. The van der Waals surface area contributed by atoms with E-state index in [0.29, 0.717) is 5.52 Å². The monoisotopic (exact) mass is 316 g/mol. The van der Waals surface area contributed by atoms with Crippen LogP contribution in [0.1, 0.15) is 16.1 Å². The number of fused-ring (bicyclic) bond motifs is 2. The number of nitrogens with zero attached hydrogens (tertiary/aromatic N) is 2. The molecule has 24 heavy (non-hydrogen) atoms. The van der Waals surface area contributed by atoms with Gasteiger partial charge in [0.1, 0.15) is 5.69 Å². The van der Waals surface area contributed by atoms with Crippen molar-refractivity contribution < 1.29 is 9.90 Å². The molecule has 0 fully saturated rings. The summed E-state index contributed by atoms with van der Waals surface area (Å²) in [6, 6.07) is 21.0. The van der Waals surface area contributed by atoms with Crippen LogP contribution in [0.2, 0.25) is 0 Å². The zero-order valence-corrected chi connectivity index (χ0v) is 13.2. The standard InChI is InChI=1S/C10H7NO2.C10H9N/c12-10(13)9-6-5-7-3-1-2-4-8(7)11-9;1-8-6-9-4-2-3-5-10(9)11-7-8/h1-6H,(H,12,13);2-7H,1H3. The average Bonchev–Trinajstić information content (AvgIpc) is 2.61. The molecule has 4 rings (SSSR count). The van der Waals surface area contributed by atoms with Gasteiger partial charge in [0, 0.05) is 17.0 Å². The molecule has 4 nitrogen and oxygen atoms in total. The van der Waals surface area contributed by atoms with E-state index in [1.165, 1.54) is 17.0 Å². The molecule has 0 spiro atoms. The van der Waals surface area contributed by atoms with Gasteiger partial charge in [0.2, 0.25) is 0 Å². The van der Waals surface area contributed by atoms with E-state index in [9.17, 15) is 4.79 Å². The smallest absolute Gasteiger partial charge is 0.354 e. The molecule has 118 valence electrons. The number of aromatic nitrogens is 2. The molecule has 1 N–H and O–H groups in total. The highest BCUT2D eigenvalue weighted by atomic mass is 16.4. The normalized spacial score (nSPS) is 10.2. The summed E-state index contributed by atoms with van der Waals surface area (Å²) in [5.74, 6) is -0.995. The Bertz CT molecular complexity index is 1010. The lowest BCUT2D eigenvalue weighted by molar-refractivity contribution is 0.0691. The maximum atomic E-state index is 10.6. The predicted octanol–water partition coefficient (Wildman–Crippen LogP) is 4.48. The highest BCUT2D eigenvalue weighted by Crippen LogP contribution is 2.12. The number of carboxylic acids is 1. The third-order valence-electron chi connectivity index (χ3n) is 3.54. The van der Waals surface area contributed by atoms with Crippen LogP contribution in [0, 0.1) is 6.92 Å². The van der Waals surface area contributed by atoms with Crippen molar-refractivity contribution in [2.45, 2.75) is 6.92 Å². The predicted molar refractivity (Wildman–Crippen MR) is 95.2 cm³/mol. The number of hydrogen-bond donors (Lipinski definition) is 1. The van der Waals surface area contributed by atoms with Crippen LogP contribution in [0.5, 0.6) is 0 Å². The van der Waals surface area contributed by atoms with Crippen LogP contribution in [-0.4, -0.2) is 21.0 Å². The number of rotatable bonds is 1. The van der Waals surface area contributed by atoms with Crippen LogP contribution < -0.4 is 0 Å². The maximum Gasteiger partial charge on any atom is 0.354 e. The fourth-order valence-electron chi connectivity index (χ4n) is 2.37. The lowest BCUT2D eigenvalue weighted by atomic mass is 10.2. The van der Waals surface area contributed by atoms with Crippen molar-refractivity contribution in [3.05, 3.63) is 84.2 Å². The first kappa shape index (κ1) is 15.6. The van der Waals surface area contributed by atoms with Crippen molar-refractivity contribution in [3.63, 3.8) is 0 Å². The first-order chi connectivity index (χ1) is 11.6. The van der Waals surface area contributed by atoms with E-state index in [0.717, 1.165) is 10.9 Å². The molecule has 0 saturated heterocycles. The second-order valence-corrected chi connectivity index (χ2v) is 5.40. The minimum absolute atomic E-state index is 0.0821. The molecule has 0 saturated carbocycles.